The first kappa shape index (κ1) is 10.2. The topological polar surface area (TPSA) is 0 Å². The van der Waals surface area contributed by atoms with Crippen LogP contribution in [0.2, 0.25) is 15.7 Å². The Kier molecular flexibility index (Phi) is 2.45. The Labute approximate surface area is 90.4 Å². The zero-order valence-corrected chi connectivity index (χ0v) is 11.0. The van der Waals surface area contributed by atoms with E-state index in [0.29, 0.717) is 0 Å². The van der Waals surface area contributed by atoms with Gasteiger partial charge in [-0.2, -0.15) is 0 Å². The summed E-state index contributed by atoms with van der Waals surface area (Å²) in [6.45, 7) is 2.29. The zero-order chi connectivity index (χ0) is 10.3. The first-order chi connectivity index (χ1) is 6.50. The SMILES string of the molecule is CC1=Cc2ccccc2[CH]1[Ti]([CH3])([CH3])[CH3]. The maximum atomic E-state index is 2.50. The second-order valence-corrected chi connectivity index (χ2v) is 13.6. The van der Waals surface area contributed by atoms with Crippen molar-refractivity contribution in [1.29, 1.82) is 0 Å². The van der Waals surface area contributed by atoms with E-state index in [4.69, 9.17) is 0 Å². The molecule has 14 heavy (non-hydrogen) atoms. The number of fused-ring (bicyclic) bond motifs is 1. The van der Waals surface area contributed by atoms with Gasteiger partial charge in [0, 0.05) is 0 Å². The molecule has 0 aliphatic heterocycles. The standard InChI is InChI=1S/C10H9.3CH3.Ti/c1-8-6-9-4-2-3-5-10(9)7-8;;;;/h2-7H,1H3;3*1H3;. The maximum absolute atomic E-state index is 2.50. The van der Waals surface area contributed by atoms with E-state index in [1.165, 1.54) is 5.56 Å². The monoisotopic (exact) mass is 222 g/mol. The molecule has 1 unspecified atom stereocenters. The van der Waals surface area contributed by atoms with Crippen molar-refractivity contribution < 1.29 is 16.6 Å². The molecule has 0 aromatic heterocycles. The van der Waals surface area contributed by atoms with Gasteiger partial charge in [0.2, 0.25) is 0 Å². The number of hydrogen-bond donors (Lipinski definition) is 0. The predicted octanol–water partition coefficient (Wildman–Crippen LogP) is 4.44. The summed E-state index contributed by atoms with van der Waals surface area (Å²) in [6, 6.07) is 8.86. The molecule has 0 fully saturated rings. The van der Waals surface area contributed by atoms with Crippen LogP contribution in [0.25, 0.3) is 6.08 Å². The third kappa shape index (κ3) is 1.62. The van der Waals surface area contributed by atoms with Crippen molar-refractivity contribution in [2.75, 3.05) is 0 Å². The normalized spacial score (nSPS) is 20.6. The molecule has 0 amide bonds. The van der Waals surface area contributed by atoms with Crippen molar-refractivity contribution in [3.63, 3.8) is 0 Å². The van der Waals surface area contributed by atoms with Crippen molar-refractivity contribution in [2.45, 2.75) is 26.8 Å². The van der Waals surface area contributed by atoms with Gasteiger partial charge in [0.05, 0.1) is 0 Å². The van der Waals surface area contributed by atoms with E-state index in [0.717, 1.165) is 4.22 Å². The van der Waals surface area contributed by atoms with Crippen LogP contribution < -0.4 is 0 Å². The Morgan fingerprint density at radius 1 is 1.07 bits per heavy atom. The second-order valence-electron chi connectivity index (χ2n) is 5.32. The van der Waals surface area contributed by atoms with Crippen LogP contribution in [0.4, 0.5) is 0 Å². The minimum absolute atomic E-state index is 0.784. The Morgan fingerprint density at radius 3 is 2.36 bits per heavy atom. The fourth-order valence-corrected chi connectivity index (χ4v) is 6.76. The number of rotatable bonds is 1. The van der Waals surface area contributed by atoms with Crippen LogP contribution in [0.5, 0.6) is 0 Å². The third-order valence-corrected chi connectivity index (χ3v) is 6.91. The molecule has 0 spiro atoms. The van der Waals surface area contributed by atoms with Gasteiger partial charge in [0.15, 0.2) is 0 Å². The number of benzene rings is 1. The molecule has 0 nitrogen and oxygen atoms in total. The van der Waals surface area contributed by atoms with Gasteiger partial charge in [-0.05, 0) is 0 Å². The molecule has 0 bridgehead atoms. The summed E-state index contributed by atoms with van der Waals surface area (Å²) >= 11 is -1.61. The van der Waals surface area contributed by atoms with Crippen molar-refractivity contribution in [1.82, 2.24) is 0 Å². The summed E-state index contributed by atoms with van der Waals surface area (Å²) in [5.74, 6) is 0. The van der Waals surface area contributed by atoms with Gasteiger partial charge in [-0.15, -0.1) is 0 Å². The quantitative estimate of drug-likeness (QED) is 0.616. The van der Waals surface area contributed by atoms with Gasteiger partial charge < -0.3 is 0 Å². The Balaban J connectivity index is 2.52. The molecule has 0 saturated heterocycles. The van der Waals surface area contributed by atoms with E-state index in [2.05, 4.69) is 53.0 Å². The molecule has 1 aromatic rings. The molecule has 1 heteroatoms. The van der Waals surface area contributed by atoms with E-state index >= 15 is 0 Å². The van der Waals surface area contributed by atoms with Gasteiger partial charge in [-0.1, -0.05) is 0 Å². The summed E-state index contributed by atoms with van der Waals surface area (Å²) in [5, 5.41) is 7.51. The zero-order valence-electron chi connectivity index (χ0n) is 9.46. The van der Waals surface area contributed by atoms with E-state index in [1.807, 2.05) is 0 Å². The molecular formula is C13H18Ti. The predicted molar refractivity (Wildman–Crippen MR) is 60.4 cm³/mol. The van der Waals surface area contributed by atoms with Gasteiger partial charge in [0.1, 0.15) is 0 Å². The van der Waals surface area contributed by atoms with E-state index in [1.54, 1.807) is 11.1 Å². The van der Waals surface area contributed by atoms with Crippen LogP contribution >= 0.6 is 0 Å². The molecule has 0 N–H and O–H groups in total. The van der Waals surface area contributed by atoms with Crippen molar-refractivity contribution >= 4 is 6.08 Å². The van der Waals surface area contributed by atoms with E-state index in [9.17, 15) is 0 Å². The van der Waals surface area contributed by atoms with Crippen molar-refractivity contribution in [3.8, 4) is 0 Å². The molecule has 0 heterocycles. The van der Waals surface area contributed by atoms with Gasteiger partial charge >= 0.3 is 90.5 Å². The summed E-state index contributed by atoms with van der Waals surface area (Å²) in [5.41, 5.74) is 4.62. The summed E-state index contributed by atoms with van der Waals surface area (Å²) in [4.78, 5) is 0. The first-order valence-electron chi connectivity index (χ1n) is 5.27. The average Bonchev–Trinajstić information content (AvgIpc) is 2.38. The van der Waals surface area contributed by atoms with Gasteiger partial charge in [-0.25, -0.2) is 0 Å². The molecule has 1 aromatic carbocycles. The molecule has 1 aliphatic carbocycles. The van der Waals surface area contributed by atoms with Crippen LogP contribution in [-0.2, 0) is 16.6 Å². The van der Waals surface area contributed by atoms with Crippen LogP contribution in [0.1, 0.15) is 22.3 Å². The van der Waals surface area contributed by atoms with E-state index < -0.39 is 16.6 Å². The number of allylic oxidation sites excluding steroid dienone is 1. The van der Waals surface area contributed by atoms with E-state index in [-0.39, 0.29) is 0 Å². The first-order valence-corrected chi connectivity index (χ1v) is 10.9. The fraction of sp³-hybridized carbons (Fsp3) is 0.385. The molecule has 74 valence electrons. The fourth-order valence-electron chi connectivity index (χ4n) is 2.63. The van der Waals surface area contributed by atoms with Crippen molar-refractivity contribution in [2.24, 2.45) is 0 Å². The number of hydrogen-bond acceptors (Lipinski definition) is 0. The molecular weight excluding hydrogens is 204 g/mol. The molecule has 1 aliphatic rings. The van der Waals surface area contributed by atoms with Crippen LogP contribution in [0.15, 0.2) is 29.8 Å². The Bertz CT molecular complexity index is 382. The molecule has 1 atom stereocenters. The minimum atomic E-state index is -1.61. The molecule has 2 rings (SSSR count). The van der Waals surface area contributed by atoms with Crippen LogP contribution in [0.3, 0.4) is 0 Å². The summed E-state index contributed by atoms with van der Waals surface area (Å²) < 4.78 is 0.784. The Morgan fingerprint density at radius 2 is 1.71 bits per heavy atom. The second kappa shape index (κ2) is 3.36. The summed E-state index contributed by atoms with van der Waals surface area (Å²) in [7, 11) is 0. The molecule has 0 radical (unpaired) electrons. The van der Waals surface area contributed by atoms with Gasteiger partial charge in [-0.3, -0.25) is 0 Å². The summed E-state index contributed by atoms with van der Waals surface area (Å²) in [6.07, 6.45) is 2.37. The van der Waals surface area contributed by atoms with Crippen molar-refractivity contribution in [3.05, 3.63) is 41.0 Å². The third-order valence-electron chi connectivity index (χ3n) is 3.01. The average molecular weight is 222 g/mol. The van der Waals surface area contributed by atoms with Gasteiger partial charge in [0.25, 0.3) is 0 Å². The Hall–Kier alpha value is -0.326. The van der Waals surface area contributed by atoms with Crippen LogP contribution in [-0.4, -0.2) is 0 Å². The van der Waals surface area contributed by atoms with Crippen LogP contribution in [0, 0.1) is 0 Å². The molecule has 0 saturated carbocycles.